The van der Waals surface area contributed by atoms with Gasteiger partial charge in [0.15, 0.2) is 0 Å². The number of carbonyl (C=O) groups excluding carboxylic acids is 2. The van der Waals surface area contributed by atoms with Crippen molar-refractivity contribution in [3.05, 3.63) is 0 Å². The highest BCUT2D eigenvalue weighted by atomic mass is 16.5. The van der Waals surface area contributed by atoms with Crippen molar-refractivity contribution in [2.75, 3.05) is 32.8 Å². The predicted octanol–water partition coefficient (Wildman–Crippen LogP) is 0.882. The van der Waals surface area contributed by atoms with E-state index in [1.54, 1.807) is 0 Å². The number of hydrogen-bond acceptors (Lipinski definition) is 3. The Morgan fingerprint density at radius 2 is 1.48 bits per heavy atom. The molecule has 0 spiro atoms. The highest BCUT2D eigenvalue weighted by Crippen LogP contribution is 2.54. The lowest BCUT2D eigenvalue weighted by atomic mass is 10.0. The van der Waals surface area contributed by atoms with Crippen molar-refractivity contribution in [1.29, 1.82) is 0 Å². The van der Waals surface area contributed by atoms with Gasteiger partial charge in [-0.1, -0.05) is 0 Å². The number of fused-ring (bicyclic) bond motifs is 1. The minimum Gasteiger partial charge on any atom is -0.368 e. The quantitative estimate of drug-likeness (QED) is 0.759. The molecule has 0 aromatic carbocycles. The molecule has 5 nitrogen and oxygen atoms in total. The van der Waals surface area contributed by atoms with Gasteiger partial charge in [-0.15, -0.1) is 0 Å². The number of ether oxygens (including phenoxy) is 1. The second kappa shape index (κ2) is 5.27. The fraction of sp³-hybridized carbons (Fsp3) is 0.875. The molecule has 0 radical (unpaired) electrons. The Bertz CT molecular complexity index is 429. The van der Waals surface area contributed by atoms with Crippen molar-refractivity contribution in [3.63, 3.8) is 0 Å². The second-order valence-electron chi connectivity index (χ2n) is 7.08. The maximum Gasteiger partial charge on any atom is 0.251 e. The van der Waals surface area contributed by atoms with E-state index in [0.29, 0.717) is 38.7 Å². The largest absolute Gasteiger partial charge is 0.368 e. The molecular weight excluding hydrogens is 268 g/mol. The van der Waals surface area contributed by atoms with E-state index in [0.717, 1.165) is 37.5 Å². The third kappa shape index (κ3) is 2.56. The standard InChI is InChI=1S/C16H24N2O3/c19-15(13-9-11-8-12(11)10-13)17-3-5-18(6-4-17)16(20)14-2-1-7-21-14/h11-14H,1-10H2. The van der Waals surface area contributed by atoms with Crippen LogP contribution in [-0.2, 0) is 14.3 Å². The summed E-state index contributed by atoms with van der Waals surface area (Å²) in [5.41, 5.74) is 0. The first-order chi connectivity index (χ1) is 10.2. The summed E-state index contributed by atoms with van der Waals surface area (Å²) in [6.07, 6.45) is 5.18. The highest BCUT2D eigenvalue weighted by molar-refractivity contribution is 5.82. The van der Waals surface area contributed by atoms with Gasteiger partial charge in [-0.05, 0) is 43.9 Å². The van der Waals surface area contributed by atoms with Crippen LogP contribution in [0.5, 0.6) is 0 Å². The highest BCUT2D eigenvalue weighted by Gasteiger charge is 2.49. The number of rotatable bonds is 2. The summed E-state index contributed by atoms with van der Waals surface area (Å²) in [5, 5.41) is 0. The van der Waals surface area contributed by atoms with Gasteiger partial charge in [0, 0.05) is 38.7 Å². The van der Waals surface area contributed by atoms with Crippen LogP contribution >= 0.6 is 0 Å². The van der Waals surface area contributed by atoms with E-state index in [1.165, 1.54) is 6.42 Å². The molecule has 2 saturated heterocycles. The van der Waals surface area contributed by atoms with E-state index in [-0.39, 0.29) is 17.9 Å². The van der Waals surface area contributed by atoms with Crippen LogP contribution in [0.25, 0.3) is 0 Å². The van der Waals surface area contributed by atoms with Gasteiger partial charge in [0.2, 0.25) is 5.91 Å². The third-order valence-electron chi connectivity index (χ3n) is 5.70. The summed E-state index contributed by atoms with van der Waals surface area (Å²) in [6, 6.07) is 0. The third-order valence-corrected chi connectivity index (χ3v) is 5.70. The molecule has 0 aromatic rings. The topological polar surface area (TPSA) is 49.9 Å². The summed E-state index contributed by atoms with van der Waals surface area (Å²) < 4.78 is 5.47. The van der Waals surface area contributed by atoms with E-state index in [2.05, 4.69) is 0 Å². The summed E-state index contributed by atoms with van der Waals surface area (Å²) in [5.74, 6) is 2.44. The van der Waals surface area contributed by atoms with E-state index >= 15 is 0 Å². The van der Waals surface area contributed by atoms with Gasteiger partial charge in [0.25, 0.3) is 5.91 Å². The molecule has 2 amide bonds. The number of nitrogens with zero attached hydrogens (tertiary/aromatic N) is 2. The molecule has 116 valence electrons. The van der Waals surface area contributed by atoms with Gasteiger partial charge in [0.1, 0.15) is 6.10 Å². The molecule has 4 fully saturated rings. The molecule has 5 heteroatoms. The van der Waals surface area contributed by atoms with E-state index in [9.17, 15) is 9.59 Å². The normalized spacial score (nSPS) is 38.5. The molecule has 0 N–H and O–H groups in total. The first-order valence-electron chi connectivity index (χ1n) is 8.41. The Hall–Kier alpha value is -1.10. The van der Waals surface area contributed by atoms with Crippen LogP contribution in [0, 0.1) is 17.8 Å². The molecular formula is C16H24N2O3. The average molecular weight is 292 g/mol. The maximum absolute atomic E-state index is 12.5. The molecule has 3 atom stereocenters. The minimum absolute atomic E-state index is 0.127. The van der Waals surface area contributed by atoms with Crippen LogP contribution < -0.4 is 0 Å². The smallest absolute Gasteiger partial charge is 0.251 e. The number of amides is 2. The van der Waals surface area contributed by atoms with Crippen LogP contribution in [0.3, 0.4) is 0 Å². The van der Waals surface area contributed by atoms with E-state index in [1.807, 2.05) is 9.80 Å². The van der Waals surface area contributed by atoms with Gasteiger partial charge < -0.3 is 14.5 Å². The van der Waals surface area contributed by atoms with Crippen LogP contribution in [-0.4, -0.2) is 60.5 Å². The van der Waals surface area contributed by atoms with Gasteiger partial charge >= 0.3 is 0 Å². The van der Waals surface area contributed by atoms with Crippen molar-refractivity contribution in [3.8, 4) is 0 Å². The Kier molecular flexibility index (Phi) is 3.40. The lowest BCUT2D eigenvalue weighted by Crippen LogP contribution is -2.53. The predicted molar refractivity (Wildman–Crippen MR) is 76.5 cm³/mol. The second-order valence-corrected chi connectivity index (χ2v) is 7.08. The van der Waals surface area contributed by atoms with Crippen LogP contribution in [0.1, 0.15) is 32.1 Å². The number of piperazine rings is 1. The molecule has 0 aromatic heterocycles. The van der Waals surface area contributed by atoms with E-state index in [4.69, 9.17) is 4.74 Å². The van der Waals surface area contributed by atoms with Crippen molar-refractivity contribution in [2.24, 2.45) is 17.8 Å². The summed E-state index contributed by atoms with van der Waals surface area (Å²) in [6.45, 7) is 3.44. The molecule has 2 heterocycles. The molecule has 4 aliphatic rings. The lowest BCUT2D eigenvalue weighted by Gasteiger charge is -2.37. The van der Waals surface area contributed by atoms with Gasteiger partial charge in [-0.3, -0.25) is 9.59 Å². The monoisotopic (exact) mass is 292 g/mol. The molecule has 3 unspecified atom stereocenters. The molecule has 21 heavy (non-hydrogen) atoms. The molecule has 2 aliphatic carbocycles. The van der Waals surface area contributed by atoms with Crippen LogP contribution in [0.2, 0.25) is 0 Å². The van der Waals surface area contributed by atoms with Crippen molar-refractivity contribution in [1.82, 2.24) is 9.80 Å². The fourth-order valence-electron chi connectivity index (χ4n) is 4.30. The summed E-state index contributed by atoms with van der Waals surface area (Å²) >= 11 is 0. The molecule has 0 bridgehead atoms. The molecule has 2 aliphatic heterocycles. The Balaban J connectivity index is 1.28. The molecule has 4 rings (SSSR count). The average Bonchev–Trinajstić information content (AvgIpc) is 2.97. The number of hydrogen-bond donors (Lipinski definition) is 0. The lowest BCUT2D eigenvalue weighted by molar-refractivity contribution is -0.147. The Labute approximate surface area is 125 Å². The zero-order valence-corrected chi connectivity index (χ0v) is 12.5. The van der Waals surface area contributed by atoms with Crippen molar-refractivity contribution >= 4 is 11.8 Å². The molecule has 2 saturated carbocycles. The Morgan fingerprint density at radius 3 is 2.05 bits per heavy atom. The van der Waals surface area contributed by atoms with Gasteiger partial charge in [0.05, 0.1) is 0 Å². The minimum atomic E-state index is -0.228. The van der Waals surface area contributed by atoms with Crippen molar-refractivity contribution in [2.45, 2.75) is 38.2 Å². The first-order valence-corrected chi connectivity index (χ1v) is 8.41. The van der Waals surface area contributed by atoms with E-state index < -0.39 is 0 Å². The zero-order valence-electron chi connectivity index (χ0n) is 12.5. The fourth-order valence-corrected chi connectivity index (χ4v) is 4.30. The number of carbonyl (C=O) groups is 2. The van der Waals surface area contributed by atoms with Crippen LogP contribution in [0.15, 0.2) is 0 Å². The SMILES string of the molecule is O=C(C1CC2CC2C1)N1CCN(C(=O)C2CCCO2)CC1. The summed E-state index contributed by atoms with van der Waals surface area (Å²) in [7, 11) is 0. The zero-order chi connectivity index (χ0) is 14.4. The van der Waals surface area contributed by atoms with Gasteiger partial charge in [-0.2, -0.15) is 0 Å². The first kappa shape index (κ1) is 13.6. The Morgan fingerprint density at radius 1 is 0.857 bits per heavy atom. The summed E-state index contributed by atoms with van der Waals surface area (Å²) in [4.78, 5) is 28.6. The van der Waals surface area contributed by atoms with Gasteiger partial charge in [-0.25, -0.2) is 0 Å². The van der Waals surface area contributed by atoms with Crippen molar-refractivity contribution < 1.29 is 14.3 Å². The maximum atomic E-state index is 12.5. The van der Waals surface area contributed by atoms with Crippen LogP contribution in [0.4, 0.5) is 0 Å².